The molecule has 2 heterocycles. The van der Waals surface area contributed by atoms with Gasteiger partial charge in [-0.2, -0.15) is 8.78 Å². The second-order valence-electron chi connectivity index (χ2n) is 8.55. The van der Waals surface area contributed by atoms with Crippen LogP contribution in [0.15, 0.2) is 48.5 Å². The molecule has 1 N–H and O–H groups in total. The van der Waals surface area contributed by atoms with Crippen LogP contribution in [-0.4, -0.2) is 35.4 Å². The summed E-state index contributed by atoms with van der Waals surface area (Å²) >= 11 is 0. The molecule has 172 valence electrons. The first-order valence-corrected chi connectivity index (χ1v) is 11.1. The predicted octanol–water partition coefficient (Wildman–Crippen LogP) is 5.26. The van der Waals surface area contributed by atoms with E-state index in [1.165, 1.54) is 0 Å². The molecular formula is C24H27F2N7. The number of H-pyrrole nitrogens is 1. The van der Waals surface area contributed by atoms with Gasteiger partial charge in [0, 0.05) is 18.4 Å². The molecule has 0 bridgehead atoms. The molecule has 0 saturated carbocycles. The molecule has 0 spiro atoms. The van der Waals surface area contributed by atoms with E-state index in [0.29, 0.717) is 31.0 Å². The molecule has 4 aromatic rings. The van der Waals surface area contributed by atoms with Crippen LogP contribution in [0.5, 0.6) is 0 Å². The second kappa shape index (κ2) is 9.56. The SMILES string of the molecule is CCCC(F)(F)c1nc(CC(C)C)n(Cc2ccc(-c3ccccc3-c3nnn[nH]3)cc2)n1. The summed E-state index contributed by atoms with van der Waals surface area (Å²) in [5.41, 5.74) is 3.85. The zero-order valence-corrected chi connectivity index (χ0v) is 19.0. The van der Waals surface area contributed by atoms with E-state index in [2.05, 4.69) is 30.7 Å². The number of benzene rings is 2. The molecule has 4 rings (SSSR count). The number of hydrogen-bond donors (Lipinski definition) is 1. The lowest BCUT2D eigenvalue weighted by Gasteiger charge is -2.11. The van der Waals surface area contributed by atoms with Gasteiger partial charge in [0.15, 0.2) is 5.82 Å². The lowest BCUT2D eigenvalue weighted by molar-refractivity contribution is -0.0232. The molecule has 0 fully saturated rings. The fraction of sp³-hybridized carbons (Fsp3) is 0.375. The summed E-state index contributed by atoms with van der Waals surface area (Å²) in [5, 5.41) is 18.4. The van der Waals surface area contributed by atoms with Crippen LogP contribution < -0.4 is 0 Å². The first-order valence-electron chi connectivity index (χ1n) is 11.1. The van der Waals surface area contributed by atoms with Crippen LogP contribution in [0.25, 0.3) is 22.5 Å². The van der Waals surface area contributed by atoms with Crippen molar-refractivity contribution in [3.63, 3.8) is 0 Å². The van der Waals surface area contributed by atoms with Crippen LogP contribution in [0.1, 0.15) is 50.8 Å². The molecule has 0 amide bonds. The highest BCUT2D eigenvalue weighted by atomic mass is 19.3. The molecule has 7 nitrogen and oxygen atoms in total. The number of alkyl halides is 2. The summed E-state index contributed by atoms with van der Waals surface area (Å²) in [7, 11) is 0. The highest BCUT2D eigenvalue weighted by Gasteiger charge is 2.36. The maximum absolute atomic E-state index is 14.5. The zero-order valence-electron chi connectivity index (χ0n) is 19.0. The Morgan fingerprint density at radius 2 is 1.76 bits per heavy atom. The highest BCUT2D eigenvalue weighted by Crippen LogP contribution is 2.32. The standard InChI is InChI=1S/C24H27F2N7/c1-4-13-24(25,26)23-27-21(14-16(2)3)33(30-23)15-17-9-11-18(12-10-17)19-7-5-6-8-20(19)22-28-31-32-29-22/h5-12,16H,4,13-15H2,1-3H3,(H,28,29,31,32). The quantitative estimate of drug-likeness (QED) is 0.375. The Bertz CT molecular complexity index is 1180. The largest absolute Gasteiger partial charge is 0.308 e. The van der Waals surface area contributed by atoms with E-state index in [-0.39, 0.29) is 18.2 Å². The van der Waals surface area contributed by atoms with Gasteiger partial charge in [-0.05, 0) is 39.5 Å². The Morgan fingerprint density at radius 1 is 1.03 bits per heavy atom. The minimum absolute atomic E-state index is 0.257. The monoisotopic (exact) mass is 451 g/mol. The number of aromatic amines is 1. The topological polar surface area (TPSA) is 85.2 Å². The summed E-state index contributed by atoms with van der Waals surface area (Å²) in [4.78, 5) is 4.22. The fourth-order valence-electron chi connectivity index (χ4n) is 3.78. The van der Waals surface area contributed by atoms with Crippen molar-refractivity contribution in [1.29, 1.82) is 0 Å². The van der Waals surface area contributed by atoms with Crippen LogP contribution in [0.2, 0.25) is 0 Å². The third-order valence-electron chi connectivity index (χ3n) is 5.36. The number of hydrogen-bond acceptors (Lipinski definition) is 5. The number of aromatic nitrogens is 7. The van der Waals surface area contributed by atoms with Gasteiger partial charge in [-0.15, -0.1) is 10.2 Å². The number of nitrogens with one attached hydrogen (secondary N) is 1. The van der Waals surface area contributed by atoms with E-state index < -0.39 is 5.92 Å². The number of nitrogens with zero attached hydrogens (tertiary/aromatic N) is 6. The van der Waals surface area contributed by atoms with Gasteiger partial charge < -0.3 is 0 Å². The van der Waals surface area contributed by atoms with Crippen molar-refractivity contribution in [2.24, 2.45) is 5.92 Å². The third-order valence-corrected chi connectivity index (χ3v) is 5.36. The normalized spacial score (nSPS) is 11.9. The van der Waals surface area contributed by atoms with Crippen molar-refractivity contribution in [3.05, 3.63) is 65.7 Å². The van der Waals surface area contributed by atoms with Crippen molar-refractivity contribution in [3.8, 4) is 22.5 Å². The van der Waals surface area contributed by atoms with E-state index >= 15 is 0 Å². The summed E-state index contributed by atoms with van der Waals surface area (Å²) in [6.07, 6.45) is 0.701. The fourth-order valence-corrected chi connectivity index (χ4v) is 3.78. The molecule has 0 aliphatic carbocycles. The molecule has 33 heavy (non-hydrogen) atoms. The summed E-state index contributed by atoms with van der Waals surface area (Å²) in [6.45, 7) is 6.20. The first kappa shape index (κ1) is 22.7. The second-order valence-corrected chi connectivity index (χ2v) is 8.55. The summed E-state index contributed by atoms with van der Waals surface area (Å²) < 4.78 is 30.5. The maximum Gasteiger partial charge on any atom is 0.308 e. The van der Waals surface area contributed by atoms with Crippen LogP contribution in [0.4, 0.5) is 8.78 Å². The Balaban J connectivity index is 1.61. The molecule has 0 radical (unpaired) electrons. The number of tetrazole rings is 1. The van der Waals surface area contributed by atoms with E-state index in [9.17, 15) is 8.78 Å². The molecular weight excluding hydrogens is 424 g/mol. The van der Waals surface area contributed by atoms with Gasteiger partial charge in [0.05, 0.1) is 6.54 Å². The van der Waals surface area contributed by atoms with Gasteiger partial charge in [-0.1, -0.05) is 69.3 Å². The Kier molecular flexibility index (Phi) is 6.57. The van der Waals surface area contributed by atoms with Crippen molar-refractivity contribution in [2.75, 3.05) is 0 Å². The molecule has 2 aromatic heterocycles. The zero-order chi connectivity index (χ0) is 23.4. The van der Waals surface area contributed by atoms with E-state index in [0.717, 1.165) is 22.3 Å². The summed E-state index contributed by atoms with van der Waals surface area (Å²) in [6, 6.07) is 15.8. The molecule has 0 saturated heterocycles. The van der Waals surface area contributed by atoms with E-state index in [1.807, 2.05) is 62.4 Å². The number of rotatable bonds is 9. The van der Waals surface area contributed by atoms with Gasteiger partial charge >= 0.3 is 5.92 Å². The lowest BCUT2D eigenvalue weighted by atomic mass is 9.98. The van der Waals surface area contributed by atoms with E-state index in [1.54, 1.807) is 11.6 Å². The minimum Gasteiger partial charge on any atom is -0.245 e. The molecule has 0 aliphatic rings. The van der Waals surface area contributed by atoms with Crippen molar-refractivity contribution in [2.45, 2.75) is 52.5 Å². The van der Waals surface area contributed by atoms with Crippen LogP contribution in [0, 0.1) is 5.92 Å². The minimum atomic E-state index is -3.02. The van der Waals surface area contributed by atoms with Gasteiger partial charge in [0.1, 0.15) is 5.82 Å². The highest BCUT2D eigenvalue weighted by molar-refractivity contribution is 5.80. The molecule has 0 unspecified atom stereocenters. The van der Waals surface area contributed by atoms with Gasteiger partial charge in [0.25, 0.3) is 0 Å². The maximum atomic E-state index is 14.5. The van der Waals surface area contributed by atoms with Crippen molar-refractivity contribution in [1.82, 2.24) is 35.4 Å². The number of halogens is 2. The van der Waals surface area contributed by atoms with Gasteiger partial charge in [-0.25, -0.2) is 14.8 Å². The first-order chi connectivity index (χ1) is 15.9. The average molecular weight is 452 g/mol. The lowest BCUT2D eigenvalue weighted by Crippen LogP contribution is -2.15. The van der Waals surface area contributed by atoms with Crippen molar-refractivity contribution >= 4 is 0 Å². The molecule has 9 heteroatoms. The smallest absolute Gasteiger partial charge is 0.245 e. The Labute approximate surface area is 191 Å². The molecule has 2 aromatic carbocycles. The third kappa shape index (κ3) is 5.13. The average Bonchev–Trinajstić information content (AvgIpc) is 3.45. The Morgan fingerprint density at radius 3 is 2.39 bits per heavy atom. The summed E-state index contributed by atoms with van der Waals surface area (Å²) in [5.74, 6) is -1.94. The molecule has 0 atom stereocenters. The van der Waals surface area contributed by atoms with Crippen LogP contribution in [-0.2, 0) is 18.9 Å². The van der Waals surface area contributed by atoms with Gasteiger partial charge in [-0.3, -0.25) is 0 Å². The van der Waals surface area contributed by atoms with Crippen molar-refractivity contribution < 1.29 is 8.78 Å². The molecule has 0 aliphatic heterocycles. The van der Waals surface area contributed by atoms with Crippen LogP contribution in [0.3, 0.4) is 0 Å². The van der Waals surface area contributed by atoms with E-state index in [4.69, 9.17) is 0 Å². The van der Waals surface area contributed by atoms with Gasteiger partial charge in [0.2, 0.25) is 5.82 Å². The van der Waals surface area contributed by atoms with Crippen LogP contribution >= 0.6 is 0 Å². The predicted molar refractivity (Wildman–Crippen MR) is 122 cm³/mol. The Hall–Kier alpha value is -3.49.